The molecule has 0 aliphatic heterocycles. The SMILES string of the molecule is COc1cc(Cl)ccc1C(=O)C1CC1c1ccccc1. The summed E-state index contributed by atoms with van der Waals surface area (Å²) in [6.07, 6.45) is 0.911. The lowest BCUT2D eigenvalue weighted by Crippen LogP contribution is -2.05. The van der Waals surface area contributed by atoms with Crippen LogP contribution < -0.4 is 4.74 Å². The molecule has 1 aliphatic carbocycles. The highest BCUT2D eigenvalue weighted by Gasteiger charge is 2.44. The van der Waals surface area contributed by atoms with E-state index in [2.05, 4.69) is 12.1 Å². The van der Waals surface area contributed by atoms with Gasteiger partial charge in [0.25, 0.3) is 0 Å². The summed E-state index contributed by atoms with van der Waals surface area (Å²) in [4.78, 5) is 12.6. The lowest BCUT2D eigenvalue weighted by molar-refractivity contribution is 0.0962. The molecule has 0 radical (unpaired) electrons. The van der Waals surface area contributed by atoms with E-state index in [1.54, 1.807) is 25.3 Å². The lowest BCUT2D eigenvalue weighted by atomic mass is 10.0. The van der Waals surface area contributed by atoms with E-state index in [1.165, 1.54) is 5.56 Å². The van der Waals surface area contributed by atoms with Crippen LogP contribution in [0, 0.1) is 5.92 Å². The summed E-state index contributed by atoms with van der Waals surface area (Å²) in [5.41, 5.74) is 1.86. The molecule has 0 aromatic heterocycles. The molecule has 0 N–H and O–H groups in total. The molecule has 0 amide bonds. The van der Waals surface area contributed by atoms with Gasteiger partial charge in [-0.15, -0.1) is 0 Å². The first-order valence-electron chi connectivity index (χ1n) is 6.63. The number of carbonyl (C=O) groups excluding carboxylic acids is 1. The van der Waals surface area contributed by atoms with E-state index >= 15 is 0 Å². The number of halogens is 1. The predicted octanol–water partition coefficient (Wildman–Crippen LogP) is 4.34. The van der Waals surface area contributed by atoms with Crippen molar-refractivity contribution in [3.63, 3.8) is 0 Å². The summed E-state index contributed by atoms with van der Waals surface area (Å²) >= 11 is 5.93. The highest BCUT2D eigenvalue weighted by Crippen LogP contribution is 2.49. The fourth-order valence-electron chi connectivity index (χ4n) is 2.62. The molecular formula is C17H15ClO2. The first-order chi connectivity index (χ1) is 9.70. The Hall–Kier alpha value is -1.80. The largest absolute Gasteiger partial charge is 0.496 e. The van der Waals surface area contributed by atoms with Gasteiger partial charge in [0.2, 0.25) is 0 Å². The molecule has 2 atom stereocenters. The molecule has 20 heavy (non-hydrogen) atoms. The van der Waals surface area contributed by atoms with Gasteiger partial charge in [-0.2, -0.15) is 0 Å². The zero-order valence-corrected chi connectivity index (χ0v) is 11.9. The summed E-state index contributed by atoms with van der Waals surface area (Å²) in [6, 6.07) is 15.4. The van der Waals surface area contributed by atoms with Crippen LogP contribution in [-0.4, -0.2) is 12.9 Å². The maximum Gasteiger partial charge on any atom is 0.170 e. The number of ether oxygens (including phenoxy) is 1. The molecule has 2 unspecified atom stereocenters. The third-order valence-electron chi connectivity index (χ3n) is 3.78. The van der Waals surface area contributed by atoms with Gasteiger partial charge in [-0.05, 0) is 36.1 Å². The number of hydrogen-bond donors (Lipinski definition) is 0. The van der Waals surface area contributed by atoms with Crippen molar-refractivity contribution in [1.82, 2.24) is 0 Å². The van der Waals surface area contributed by atoms with Gasteiger partial charge in [-0.25, -0.2) is 0 Å². The fraction of sp³-hybridized carbons (Fsp3) is 0.235. The van der Waals surface area contributed by atoms with Crippen LogP contribution in [0.3, 0.4) is 0 Å². The van der Waals surface area contributed by atoms with Gasteiger partial charge in [-0.3, -0.25) is 4.79 Å². The molecule has 0 heterocycles. The van der Waals surface area contributed by atoms with Crippen LogP contribution in [0.25, 0.3) is 0 Å². The Balaban J connectivity index is 1.82. The Morgan fingerprint density at radius 3 is 2.65 bits per heavy atom. The maximum atomic E-state index is 12.6. The summed E-state index contributed by atoms with van der Waals surface area (Å²) in [6.45, 7) is 0. The van der Waals surface area contributed by atoms with Crippen LogP contribution in [0.15, 0.2) is 48.5 Å². The number of benzene rings is 2. The van der Waals surface area contributed by atoms with Crippen molar-refractivity contribution in [2.45, 2.75) is 12.3 Å². The minimum absolute atomic E-state index is 0.0625. The van der Waals surface area contributed by atoms with Gasteiger partial charge < -0.3 is 4.74 Å². The molecule has 2 aromatic rings. The van der Waals surface area contributed by atoms with E-state index in [1.807, 2.05) is 18.2 Å². The molecule has 0 spiro atoms. The number of carbonyl (C=O) groups is 1. The first-order valence-corrected chi connectivity index (χ1v) is 7.01. The van der Waals surface area contributed by atoms with Crippen LogP contribution in [0.4, 0.5) is 0 Å². The summed E-state index contributed by atoms with van der Waals surface area (Å²) in [5, 5.41) is 0.578. The minimum Gasteiger partial charge on any atom is -0.496 e. The van der Waals surface area contributed by atoms with Crippen molar-refractivity contribution in [2.75, 3.05) is 7.11 Å². The third kappa shape index (κ3) is 2.44. The number of ketones is 1. The Bertz CT molecular complexity index is 637. The van der Waals surface area contributed by atoms with E-state index in [0.717, 1.165) is 6.42 Å². The van der Waals surface area contributed by atoms with Gasteiger partial charge in [-0.1, -0.05) is 41.9 Å². The Kier molecular flexibility index (Phi) is 3.49. The van der Waals surface area contributed by atoms with E-state index in [9.17, 15) is 4.79 Å². The molecule has 0 saturated heterocycles. The molecule has 0 bridgehead atoms. The number of hydrogen-bond acceptors (Lipinski definition) is 2. The summed E-state index contributed by atoms with van der Waals surface area (Å²) in [7, 11) is 1.56. The average Bonchev–Trinajstić information content (AvgIpc) is 3.28. The van der Waals surface area contributed by atoms with Crippen molar-refractivity contribution < 1.29 is 9.53 Å². The Morgan fingerprint density at radius 2 is 1.95 bits per heavy atom. The second kappa shape index (κ2) is 5.29. The molecule has 1 saturated carbocycles. The van der Waals surface area contributed by atoms with Gasteiger partial charge in [0, 0.05) is 10.9 Å². The van der Waals surface area contributed by atoms with Gasteiger partial charge in [0.15, 0.2) is 5.78 Å². The zero-order valence-electron chi connectivity index (χ0n) is 11.2. The van der Waals surface area contributed by atoms with Crippen LogP contribution in [0.2, 0.25) is 5.02 Å². The van der Waals surface area contributed by atoms with Gasteiger partial charge in [0.1, 0.15) is 5.75 Å². The topological polar surface area (TPSA) is 26.3 Å². The molecule has 2 aromatic carbocycles. The highest BCUT2D eigenvalue weighted by molar-refractivity contribution is 6.30. The molecule has 2 nitrogen and oxygen atoms in total. The van der Waals surface area contributed by atoms with Crippen LogP contribution >= 0.6 is 11.6 Å². The van der Waals surface area contributed by atoms with Crippen molar-refractivity contribution in [3.8, 4) is 5.75 Å². The first kappa shape index (κ1) is 13.2. The second-order valence-electron chi connectivity index (χ2n) is 5.07. The van der Waals surface area contributed by atoms with Crippen molar-refractivity contribution in [3.05, 3.63) is 64.7 Å². The van der Waals surface area contributed by atoms with Crippen molar-refractivity contribution in [1.29, 1.82) is 0 Å². The quantitative estimate of drug-likeness (QED) is 0.782. The van der Waals surface area contributed by atoms with Gasteiger partial charge in [0.05, 0.1) is 12.7 Å². The number of methoxy groups -OCH3 is 1. The molecule has 3 rings (SSSR count). The molecule has 1 aliphatic rings. The van der Waals surface area contributed by atoms with Crippen molar-refractivity contribution >= 4 is 17.4 Å². The third-order valence-corrected chi connectivity index (χ3v) is 4.02. The van der Waals surface area contributed by atoms with E-state index in [4.69, 9.17) is 16.3 Å². The standard InChI is InChI=1S/C17H15ClO2/c1-20-16-9-12(18)7-8-13(16)17(19)15-10-14(15)11-5-3-2-4-6-11/h2-9,14-15H,10H2,1H3. The summed E-state index contributed by atoms with van der Waals surface area (Å²) in [5.74, 6) is 1.10. The van der Waals surface area contributed by atoms with Crippen LogP contribution in [-0.2, 0) is 0 Å². The molecule has 102 valence electrons. The van der Waals surface area contributed by atoms with Gasteiger partial charge >= 0.3 is 0 Å². The monoisotopic (exact) mass is 286 g/mol. The van der Waals surface area contributed by atoms with E-state index in [0.29, 0.717) is 22.3 Å². The smallest absolute Gasteiger partial charge is 0.170 e. The molecule has 3 heteroatoms. The van der Waals surface area contributed by atoms with E-state index in [-0.39, 0.29) is 11.7 Å². The zero-order chi connectivity index (χ0) is 14.1. The van der Waals surface area contributed by atoms with Crippen LogP contribution in [0.1, 0.15) is 28.3 Å². The maximum absolute atomic E-state index is 12.6. The Morgan fingerprint density at radius 1 is 1.20 bits per heavy atom. The minimum atomic E-state index is 0.0625. The number of Topliss-reactive ketones (excluding diaryl/α,β-unsaturated/α-hetero) is 1. The fourth-order valence-corrected chi connectivity index (χ4v) is 2.78. The van der Waals surface area contributed by atoms with E-state index < -0.39 is 0 Å². The lowest BCUT2D eigenvalue weighted by Gasteiger charge is -2.08. The second-order valence-corrected chi connectivity index (χ2v) is 5.50. The molecule has 1 fully saturated rings. The predicted molar refractivity (Wildman–Crippen MR) is 79.6 cm³/mol. The Labute approximate surface area is 123 Å². The van der Waals surface area contributed by atoms with Crippen molar-refractivity contribution in [2.24, 2.45) is 5.92 Å². The van der Waals surface area contributed by atoms with Crippen LogP contribution in [0.5, 0.6) is 5.75 Å². The number of rotatable bonds is 4. The molecular weight excluding hydrogens is 272 g/mol. The average molecular weight is 287 g/mol. The normalized spacial score (nSPS) is 20.5. The summed E-state index contributed by atoms with van der Waals surface area (Å²) < 4.78 is 5.26. The highest BCUT2D eigenvalue weighted by atomic mass is 35.5.